The monoisotopic (exact) mass is 1290 g/mol. The number of hydrogen-bond acceptors (Lipinski definition) is 8. The first-order chi connectivity index (χ1) is 44.8. The van der Waals surface area contributed by atoms with Gasteiger partial charge >= 0.3 is 0 Å². The number of unbranched alkanes of at least 4 members (excludes halogenated alkanes) is 60. The number of nitrogens with one attached hydrogen (secondary N) is 1. The van der Waals surface area contributed by atoms with Gasteiger partial charge in [0.15, 0.2) is 6.29 Å². The molecular formula is C82H159NO8. The number of aliphatic hydroxyl groups is 5. The molecule has 1 amide bonds. The molecule has 9 heteroatoms. The average molecular weight is 1290 g/mol. The topological polar surface area (TPSA) is 149 Å². The number of allylic oxidation sites excluding steroid dienone is 4. The molecule has 1 aliphatic rings. The molecule has 7 atom stereocenters. The fraction of sp³-hybridized carbons (Fsp3) is 0.939. The molecule has 0 spiro atoms. The van der Waals surface area contributed by atoms with Crippen molar-refractivity contribution in [2.75, 3.05) is 13.2 Å². The molecule has 0 radical (unpaired) electrons. The van der Waals surface area contributed by atoms with Crippen molar-refractivity contribution in [1.29, 1.82) is 0 Å². The molecule has 0 saturated carbocycles. The number of carbonyl (C=O) groups excluding carboxylic acids is 1. The van der Waals surface area contributed by atoms with Crippen LogP contribution < -0.4 is 5.32 Å². The zero-order chi connectivity index (χ0) is 65.7. The van der Waals surface area contributed by atoms with Crippen LogP contribution >= 0.6 is 0 Å². The molecule has 1 fully saturated rings. The van der Waals surface area contributed by atoms with Crippen molar-refractivity contribution in [3.05, 3.63) is 24.3 Å². The number of hydrogen-bond donors (Lipinski definition) is 6. The van der Waals surface area contributed by atoms with E-state index in [4.69, 9.17) is 9.47 Å². The second-order valence-corrected chi connectivity index (χ2v) is 28.9. The van der Waals surface area contributed by atoms with E-state index >= 15 is 0 Å². The van der Waals surface area contributed by atoms with Gasteiger partial charge in [0.1, 0.15) is 24.4 Å². The summed E-state index contributed by atoms with van der Waals surface area (Å²) in [7, 11) is 0. The SMILES string of the molecule is CCCCCCC/C=C\C/C=C\CCCCCCCCCCCCCCCCCCCCCCCCCC(=O)NC(COC1OC(CO)C(O)C(O)C1O)C(O)CCCCCCCCCCCCCCCCCCCCCCCCCCCCCCCCCCC. The first-order valence-corrected chi connectivity index (χ1v) is 41.0. The predicted molar refractivity (Wildman–Crippen MR) is 392 cm³/mol. The summed E-state index contributed by atoms with van der Waals surface area (Å²) in [5.74, 6) is -0.133. The molecule has 0 aliphatic carbocycles. The van der Waals surface area contributed by atoms with E-state index < -0.39 is 49.5 Å². The van der Waals surface area contributed by atoms with Crippen LogP contribution in [-0.4, -0.2) is 87.5 Å². The summed E-state index contributed by atoms with van der Waals surface area (Å²) in [5, 5.41) is 55.1. The molecule has 7 unspecified atom stereocenters. The number of ether oxygens (including phenoxy) is 2. The number of carbonyl (C=O) groups is 1. The van der Waals surface area contributed by atoms with Crippen LogP contribution in [0, 0.1) is 0 Å². The van der Waals surface area contributed by atoms with Crippen LogP contribution in [0.1, 0.15) is 438 Å². The van der Waals surface area contributed by atoms with Gasteiger partial charge in [0.2, 0.25) is 5.91 Å². The van der Waals surface area contributed by atoms with Crippen molar-refractivity contribution in [1.82, 2.24) is 5.32 Å². The highest BCUT2D eigenvalue weighted by molar-refractivity contribution is 5.76. The van der Waals surface area contributed by atoms with Crippen molar-refractivity contribution < 1.29 is 39.8 Å². The van der Waals surface area contributed by atoms with Crippen LogP contribution in [0.3, 0.4) is 0 Å². The van der Waals surface area contributed by atoms with Crippen LogP contribution in [0.2, 0.25) is 0 Å². The van der Waals surface area contributed by atoms with Crippen molar-refractivity contribution in [2.24, 2.45) is 0 Å². The van der Waals surface area contributed by atoms with E-state index in [2.05, 4.69) is 43.5 Å². The second kappa shape index (κ2) is 71.4. The van der Waals surface area contributed by atoms with E-state index in [1.807, 2.05) is 0 Å². The summed E-state index contributed by atoms with van der Waals surface area (Å²) in [6.45, 7) is 3.90. The van der Waals surface area contributed by atoms with Crippen molar-refractivity contribution in [2.45, 2.75) is 480 Å². The minimum atomic E-state index is -1.55. The number of amides is 1. The third-order valence-corrected chi connectivity index (χ3v) is 20.1. The Bertz CT molecular complexity index is 1490. The highest BCUT2D eigenvalue weighted by Gasteiger charge is 2.44. The van der Waals surface area contributed by atoms with Gasteiger partial charge in [-0.05, 0) is 44.9 Å². The van der Waals surface area contributed by atoms with Gasteiger partial charge < -0.3 is 40.3 Å². The second-order valence-electron chi connectivity index (χ2n) is 28.9. The Morgan fingerprint density at radius 1 is 0.374 bits per heavy atom. The molecule has 1 aliphatic heterocycles. The van der Waals surface area contributed by atoms with Crippen molar-refractivity contribution in [3.63, 3.8) is 0 Å². The maximum atomic E-state index is 13.2. The molecule has 0 aromatic carbocycles. The molecule has 0 aromatic heterocycles. The third kappa shape index (κ3) is 59.7. The van der Waals surface area contributed by atoms with Gasteiger partial charge in [-0.15, -0.1) is 0 Å². The molecule has 6 N–H and O–H groups in total. The van der Waals surface area contributed by atoms with Crippen LogP contribution in [-0.2, 0) is 14.3 Å². The van der Waals surface area contributed by atoms with E-state index in [0.29, 0.717) is 12.8 Å². The Balaban J connectivity index is 2.03. The zero-order valence-electron chi connectivity index (χ0n) is 60.9. The Kier molecular flexibility index (Phi) is 68.8. The smallest absolute Gasteiger partial charge is 0.220 e. The maximum Gasteiger partial charge on any atom is 0.220 e. The largest absolute Gasteiger partial charge is 0.394 e. The molecule has 1 saturated heterocycles. The molecule has 91 heavy (non-hydrogen) atoms. The summed E-state index contributed by atoms with van der Waals surface area (Å²) < 4.78 is 11.4. The minimum Gasteiger partial charge on any atom is -0.394 e. The summed E-state index contributed by atoms with van der Waals surface area (Å²) >= 11 is 0. The van der Waals surface area contributed by atoms with Gasteiger partial charge in [0, 0.05) is 6.42 Å². The first-order valence-electron chi connectivity index (χ1n) is 41.0. The molecule has 1 rings (SSSR count). The molecule has 0 bridgehead atoms. The minimum absolute atomic E-state index is 0.132. The van der Waals surface area contributed by atoms with E-state index in [9.17, 15) is 30.3 Å². The number of rotatable bonds is 74. The van der Waals surface area contributed by atoms with E-state index in [1.54, 1.807) is 0 Å². The normalized spacial score (nSPS) is 17.7. The van der Waals surface area contributed by atoms with Gasteiger partial charge in [0.05, 0.1) is 25.4 Å². The van der Waals surface area contributed by atoms with Gasteiger partial charge in [-0.2, -0.15) is 0 Å². The standard InChI is InChI=1S/C82H159NO8/c1-3-5-7-9-11-13-15-17-19-21-23-25-27-29-31-33-35-37-38-40-42-44-46-48-50-52-54-56-58-60-62-64-66-68-70-72-78(86)83-75(74-90-82-81(89)80(88)79(87)77(73-84)91-82)76(85)71-69-67-65-63-61-59-57-55-53-51-49-47-45-43-41-39-36-34-32-30-28-26-24-22-20-18-16-14-12-10-8-6-4-2/h15,17,21,23,75-77,79-82,84-85,87-89H,3-14,16,18-20,22,24-74H2,1-2H3,(H,83,86)/b17-15-,23-21-. The predicted octanol–water partition coefficient (Wildman–Crippen LogP) is 23.5. The van der Waals surface area contributed by atoms with Gasteiger partial charge in [-0.25, -0.2) is 0 Å². The summed E-state index contributed by atoms with van der Waals surface area (Å²) in [6.07, 6.45) is 88.7. The van der Waals surface area contributed by atoms with Crippen molar-refractivity contribution >= 4 is 5.91 Å². The maximum absolute atomic E-state index is 13.2. The lowest BCUT2D eigenvalue weighted by Crippen LogP contribution is -2.60. The Morgan fingerprint density at radius 3 is 0.945 bits per heavy atom. The number of aliphatic hydroxyl groups excluding tert-OH is 5. The lowest BCUT2D eigenvalue weighted by molar-refractivity contribution is -0.302. The summed E-state index contributed by atoms with van der Waals surface area (Å²) in [4.78, 5) is 13.2. The Morgan fingerprint density at radius 2 is 0.648 bits per heavy atom. The quantitative estimate of drug-likeness (QED) is 0.0261. The molecule has 0 aromatic rings. The summed E-state index contributed by atoms with van der Waals surface area (Å²) in [5.41, 5.74) is 0. The first kappa shape index (κ1) is 87.7. The summed E-state index contributed by atoms with van der Waals surface area (Å²) in [6, 6.07) is -0.719. The fourth-order valence-electron chi connectivity index (χ4n) is 13.7. The van der Waals surface area contributed by atoms with Crippen LogP contribution in [0.25, 0.3) is 0 Å². The van der Waals surface area contributed by atoms with E-state index in [1.165, 1.54) is 366 Å². The highest BCUT2D eigenvalue weighted by Crippen LogP contribution is 2.24. The van der Waals surface area contributed by atoms with Crippen LogP contribution in [0.5, 0.6) is 0 Å². The van der Waals surface area contributed by atoms with Gasteiger partial charge in [-0.3, -0.25) is 4.79 Å². The third-order valence-electron chi connectivity index (χ3n) is 20.1. The van der Waals surface area contributed by atoms with Crippen LogP contribution in [0.4, 0.5) is 0 Å². The fourth-order valence-corrected chi connectivity index (χ4v) is 13.7. The van der Waals surface area contributed by atoms with Gasteiger partial charge in [-0.1, -0.05) is 411 Å². The zero-order valence-corrected chi connectivity index (χ0v) is 60.9. The molecular weight excluding hydrogens is 1130 g/mol. The van der Waals surface area contributed by atoms with Crippen molar-refractivity contribution in [3.8, 4) is 0 Å². The van der Waals surface area contributed by atoms with E-state index in [0.717, 1.165) is 44.9 Å². The highest BCUT2D eigenvalue weighted by atomic mass is 16.7. The lowest BCUT2D eigenvalue weighted by atomic mass is 9.99. The lowest BCUT2D eigenvalue weighted by Gasteiger charge is -2.40. The van der Waals surface area contributed by atoms with Crippen LogP contribution in [0.15, 0.2) is 24.3 Å². The average Bonchev–Trinajstić information content (AvgIpc) is 1.58. The Hall–Kier alpha value is -1.33. The molecule has 9 nitrogen and oxygen atoms in total. The Labute approximate surface area is 566 Å². The molecule has 1 heterocycles. The molecule has 540 valence electrons. The van der Waals surface area contributed by atoms with Gasteiger partial charge in [0.25, 0.3) is 0 Å². The van der Waals surface area contributed by atoms with E-state index in [-0.39, 0.29) is 12.5 Å².